The summed E-state index contributed by atoms with van der Waals surface area (Å²) in [6.07, 6.45) is 2.12. The molecule has 2 aromatic rings. The minimum Gasteiger partial charge on any atom is -0.387 e. The van der Waals surface area contributed by atoms with E-state index >= 15 is 0 Å². The van der Waals surface area contributed by atoms with E-state index in [1.165, 1.54) is 10.4 Å². The standard InChI is InChI=1S/C13H16N4S/c14-12(15)9-4-3-7-17(8-9)13-10-5-1-2-6-11(10)16-18-13/h1-2,5-6,9H,3-4,7-8H2,(H3,14,15). The van der Waals surface area contributed by atoms with Crippen LogP contribution < -0.4 is 10.6 Å². The average Bonchev–Trinajstić information content (AvgIpc) is 2.82. The highest BCUT2D eigenvalue weighted by Crippen LogP contribution is 2.33. The van der Waals surface area contributed by atoms with Gasteiger partial charge in [-0.25, -0.2) is 0 Å². The molecular formula is C13H16N4S. The first kappa shape index (κ1) is 11.5. The minimum atomic E-state index is 0.194. The van der Waals surface area contributed by atoms with Crippen molar-refractivity contribution in [3.8, 4) is 0 Å². The van der Waals surface area contributed by atoms with Crippen molar-refractivity contribution in [1.82, 2.24) is 4.37 Å². The molecule has 0 spiro atoms. The number of aromatic nitrogens is 1. The predicted molar refractivity (Wildman–Crippen MR) is 76.5 cm³/mol. The first-order valence-corrected chi connectivity index (χ1v) is 6.96. The molecule has 0 radical (unpaired) electrons. The van der Waals surface area contributed by atoms with E-state index in [9.17, 15) is 0 Å². The zero-order valence-corrected chi connectivity index (χ0v) is 10.9. The highest BCUT2D eigenvalue weighted by atomic mass is 32.1. The molecule has 1 aliphatic heterocycles. The van der Waals surface area contributed by atoms with Crippen LogP contribution in [-0.2, 0) is 0 Å². The number of nitrogens with two attached hydrogens (primary N) is 1. The number of rotatable bonds is 2. The predicted octanol–water partition coefficient (Wildman–Crippen LogP) is 2.45. The van der Waals surface area contributed by atoms with Crippen molar-refractivity contribution < 1.29 is 0 Å². The Labute approximate surface area is 110 Å². The molecule has 94 valence electrons. The van der Waals surface area contributed by atoms with Gasteiger partial charge in [0.05, 0.1) is 11.4 Å². The molecule has 1 unspecified atom stereocenters. The van der Waals surface area contributed by atoms with Crippen LogP contribution >= 0.6 is 11.5 Å². The zero-order valence-electron chi connectivity index (χ0n) is 10.1. The third kappa shape index (κ3) is 1.95. The quantitative estimate of drug-likeness (QED) is 0.644. The van der Waals surface area contributed by atoms with Crippen molar-refractivity contribution in [2.75, 3.05) is 18.0 Å². The van der Waals surface area contributed by atoms with E-state index in [0.717, 1.165) is 31.4 Å². The van der Waals surface area contributed by atoms with Crippen molar-refractivity contribution in [2.45, 2.75) is 12.8 Å². The van der Waals surface area contributed by atoms with Crippen molar-refractivity contribution in [3.05, 3.63) is 24.3 Å². The lowest BCUT2D eigenvalue weighted by Gasteiger charge is -2.32. The second kappa shape index (κ2) is 4.57. The molecular weight excluding hydrogens is 244 g/mol. The number of nitrogens with one attached hydrogen (secondary N) is 1. The largest absolute Gasteiger partial charge is 0.387 e. The number of amidine groups is 1. The Morgan fingerprint density at radius 3 is 3.11 bits per heavy atom. The fraction of sp³-hybridized carbons (Fsp3) is 0.385. The number of hydrogen-bond donors (Lipinski definition) is 2. The molecule has 5 heteroatoms. The number of piperidine rings is 1. The molecule has 18 heavy (non-hydrogen) atoms. The minimum absolute atomic E-state index is 0.194. The molecule has 3 N–H and O–H groups in total. The third-order valence-electron chi connectivity index (χ3n) is 3.51. The van der Waals surface area contributed by atoms with E-state index in [2.05, 4.69) is 15.3 Å². The summed E-state index contributed by atoms with van der Waals surface area (Å²) in [7, 11) is 0. The topological polar surface area (TPSA) is 66.0 Å². The van der Waals surface area contributed by atoms with Gasteiger partial charge in [0.1, 0.15) is 5.00 Å². The van der Waals surface area contributed by atoms with Gasteiger partial charge in [-0.3, -0.25) is 5.41 Å². The second-order valence-electron chi connectivity index (χ2n) is 4.75. The maximum Gasteiger partial charge on any atom is 0.119 e. The van der Waals surface area contributed by atoms with E-state index < -0.39 is 0 Å². The maximum absolute atomic E-state index is 7.61. The molecule has 1 fully saturated rings. The highest BCUT2D eigenvalue weighted by Gasteiger charge is 2.24. The van der Waals surface area contributed by atoms with Gasteiger partial charge in [0, 0.05) is 24.4 Å². The lowest BCUT2D eigenvalue weighted by molar-refractivity contribution is 0.506. The summed E-state index contributed by atoms with van der Waals surface area (Å²) in [5.74, 6) is 0.508. The molecule has 1 saturated heterocycles. The summed E-state index contributed by atoms with van der Waals surface area (Å²) in [6.45, 7) is 1.89. The van der Waals surface area contributed by atoms with Crippen molar-refractivity contribution >= 4 is 33.3 Å². The van der Waals surface area contributed by atoms with Crippen molar-refractivity contribution in [2.24, 2.45) is 11.7 Å². The number of fused-ring (bicyclic) bond motifs is 1. The summed E-state index contributed by atoms with van der Waals surface area (Å²) in [5, 5.41) is 10.0. The van der Waals surface area contributed by atoms with Crippen LogP contribution in [0.4, 0.5) is 5.00 Å². The van der Waals surface area contributed by atoms with E-state index in [4.69, 9.17) is 11.1 Å². The fourth-order valence-electron chi connectivity index (χ4n) is 2.52. The van der Waals surface area contributed by atoms with Crippen LogP contribution in [-0.4, -0.2) is 23.3 Å². The first-order valence-electron chi connectivity index (χ1n) is 6.19. The van der Waals surface area contributed by atoms with Crippen molar-refractivity contribution in [3.63, 3.8) is 0 Å². The number of anilines is 1. The number of hydrogen-bond acceptors (Lipinski definition) is 4. The Kier molecular flexibility index (Phi) is 2.91. The van der Waals surface area contributed by atoms with Gasteiger partial charge in [-0.05, 0) is 36.5 Å². The summed E-state index contributed by atoms with van der Waals surface area (Å²) < 4.78 is 4.48. The molecule has 2 heterocycles. The summed E-state index contributed by atoms with van der Waals surface area (Å²) in [4.78, 5) is 2.33. The molecule has 1 aliphatic rings. The normalized spacial score (nSPS) is 20.2. The second-order valence-corrected chi connectivity index (χ2v) is 5.50. The molecule has 0 saturated carbocycles. The average molecular weight is 260 g/mol. The lowest BCUT2D eigenvalue weighted by atomic mass is 9.97. The molecule has 4 nitrogen and oxygen atoms in total. The number of benzene rings is 1. The molecule has 0 amide bonds. The van der Waals surface area contributed by atoms with Gasteiger partial charge in [-0.15, -0.1) is 0 Å². The van der Waals surface area contributed by atoms with E-state index in [1.807, 2.05) is 18.2 Å². The van der Waals surface area contributed by atoms with Crippen LogP contribution in [0.25, 0.3) is 10.9 Å². The Bertz CT molecular complexity index is 577. The van der Waals surface area contributed by atoms with Crippen LogP contribution in [0, 0.1) is 11.3 Å². The molecule has 0 bridgehead atoms. The number of nitrogens with zero attached hydrogens (tertiary/aromatic N) is 2. The zero-order chi connectivity index (χ0) is 12.5. The van der Waals surface area contributed by atoms with Gasteiger partial charge < -0.3 is 10.6 Å². The summed E-state index contributed by atoms with van der Waals surface area (Å²) >= 11 is 1.55. The highest BCUT2D eigenvalue weighted by molar-refractivity contribution is 7.11. The fourth-order valence-corrected chi connectivity index (χ4v) is 3.42. The molecule has 3 rings (SSSR count). The van der Waals surface area contributed by atoms with Crippen molar-refractivity contribution in [1.29, 1.82) is 5.41 Å². The Hall–Kier alpha value is -1.62. The van der Waals surface area contributed by atoms with Crippen LogP contribution in [0.1, 0.15) is 12.8 Å². The molecule has 0 aliphatic carbocycles. The Morgan fingerprint density at radius 2 is 2.28 bits per heavy atom. The van der Waals surface area contributed by atoms with Crippen LogP contribution in [0.15, 0.2) is 24.3 Å². The third-order valence-corrected chi connectivity index (χ3v) is 4.45. The molecule has 1 aromatic carbocycles. The lowest BCUT2D eigenvalue weighted by Crippen LogP contribution is -2.40. The van der Waals surface area contributed by atoms with Gasteiger partial charge in [0.15, 0.2) is 0 Å². The van der Waals surface area contributed by atoms with Gasteiger partial charge in [-0.1, -0.05) is 12.1 Å². The van der Waals surface area contributed by atoms with E-state index in [1.54, 1.807) is 11.5 Å². The van der Waals surface area contributed by atoms with E-state index in [-0.39, 0.29) is 5.92 Å². The SMILES string of the molecule is N=C(N)C1CCCN(c2snc3ccccc23)C1. The van der Waals surface area contributed by atoms with Crippen LogP contribution in [0.5, 0.6) is 0 Å². The van der Waals surface area contributed by atoms with Crippen LogP contribution in [0.2, 0.25) is 0 Å². The molecule has 1 aromatic heterocycles. The Morgan fingerprint density at radius 1 is 1.44 bits per heavy atom. The summed E-state index contributed by atoms with van der Waals surface area (Å²) in [5.41, 5.74) is 6.70. The summed E-state index contributed by atoms with van der Waals surface area (Å²) in [6, 6.07) is 8.22. The smallest absolute Gasteiger partial charge is 0.119 e. The monoisotopic (exact) mass is 260 g/mol. The van der Waals surface area contributed by atoms with Gasteiger partial charge in [-0.2, -0.15) is 4.37 Å². The Balaban J connectivity index is 1.92. The van der Waals surface area contributed by atoms with Crippen LogP contribution in [0.3, 0.4) is 0 Å². The van der Waals surface area contributed by atoms with Gasteiger partial charge in [0.25, 0.3) is 0 Å². The van der Waals surface area contributed by atoms with E-state index in [0.29, 0.717) is 5.84 Å². The van der Waals surface area contributed by atoms with Gasteiger partial charge >= 0.3 is 0 Å². The first-order chi connectivity index (χ1) is 8.75. The maximum atomic E-state index is 7.61. The molecule has 1 atom stereocenters. The van der Waals surface area contributed by atoms with Gasteiger partial charge in [0.2, 0.25) is 0 Å².